The van der Waals surface area contributed by atoms with Crippen LogP contribution in [0.4, 0.5) is 5.69 Å². The van der Waals surface area contributed by atoms with E-state index in [4.69, 9.17) is 16.6 Å². The highest BCUT2D eigenvalue weighted by atomic mass is 35.5. The lowest BCUT2D eigenvalue weighted by atomic mass is 9.99. The Morgan fingerprint density at radius 2 is 1.70 bits per heavy atom. The third kappa shape index (κ3) is 6.30. The average molecular weight is 651 g/mol. The van der Waals surface area contributed by atoms with Crippen LogP contribution in [0.1, 0.15) is 36.1 Å². The minimum atomic E-state index is -4.09. The molecule has 0 unspecified atom stereocenters. The lowest BCUT2D eigenvalue weighted by Gasteiger charge is -2.42. The summed E-state index contributed by atoms with van der Waals surface area (Å²) in [6.07, 6.45) is 0. The number of aliphatic imine (C=N–C) groups is 1. The fourth-order valence-corrected chi connectivity index (χ4v) is 7.13. The number of nitrogens with zero attached hydrogens (tertiary/aromatic N) is 5. The van der Waals surface area contributed by atoms with Gasteiger partial charge < -0.3 is 9.88 Å². The van der Waals surface area contributed by atoms with E-state index < -0.39 is 16.1 Å². The van der Waals surface area contributed by atoms with Crippen molar-refractivity contribution in [3.05, 3.63) is 124 Å². The SMILES string of the molecule is CC(C)[C@@H]1CN(S(=O)(=O)c2nc3ccc(Cl)cc3[nH]2)CC(=O)N1Cc1ccc(C#N)c(N=C(c2ccccc2)c2ccccc2)c1. The molecule has 0 radical (unpaired) electrons. The first-order valence-electron chi connectivity index (χ1n) is 14.8. The number of amides is 1. The lowest BCUT2D eigenvalue weighted by Crippen LogP contribution is -2.59. The number of piperazine rings is 1. The second-order valence-corrected chi connectivity index (χ2v) is 13.8. The van der Waals surface area contributed by atoms with Crippen molar-refractivity contribution in [2.45, 2.75) is 31.6 Å². The summed E-state index contributed by atoms with van der Waals surface area (Å²) in [5.74, 6) is -0.369. The number of aromatic amines is 1. The minimum Gasteiger partial charge on any atom is -0.333 e. The lowest BCUT2D eigenvalue weighted by molar-refractivity contribution is -0.139. The number of fused-ring (bicyclic) bond motifs is 1. The molecule has 0 aliphatic carbocycles. The average Bonchev–Trinajstić information content (AvgIpc) is 3.49. The molecule has 1 fully saturated rings. The summed E-state index contributed by atoms with van der Waals surface area (Å²) in [5.41, 5.74) is 5.17. The van der Waals surface area contributed by atoms with Crippen LogP contribution in [-0.2, 0) is 21.4 Å². The van der Waals surface area contributed by atoms with Gasteiger partial charge in [0.05, 0.1) is 34.5 Å². The maximum atomic E-state index is 13.7. The highest BCUT2D eigenvalue weighted by molar-refractivity contribution is 7.89. The van der Waals surface area contributed by atoms with E-state index in [2.05, 4.69) is 16.0 Å². The number of halogens is 1. The van der Waals surface area contributed by atoms with Gasteiger partial charge in [0, 0.05) is 35.3 Å². The normalized spacial score (nSPS) is 15.7. The zero-order valence-electron chi connectivity index (χ0n) is 25.3. The van der Waals surface area contributed by atoms with E-state index in [0.29, 0.717) is 27.3 Å². The molecular weight excluding hydrogens is 620 g/mol. The van der Waals surface area contributed by atoms with Crippen LogP contribution >= 0.6 is 11.6 Å². The van der Waals surface area contributed by atoms with Crippen LogP contribution in [0, 0.1) is 17.2 Å². The fraction of sp³-hybridized carbons (Fsp3) is 0.200. The molecule has 46 heavy (non-hydrogen) atoms. The first-order chi connectivity index (χ1) is 22.1. The number of imidazole rings is 1. The molecule has 1 N–H and O–H groups in total. The highest BCUT2D eigenvalue weighted by Crippen LogP contribution is 2.29. The van der Waals surface area contributed by atoms with Crippen LogP contribution in [0.2, 0.25) is 5.02 Å². The molecule has 1 aliphatic rings. The van der Waals surface area contributed by atoms with Gasteiger partial charge in [-0.1, -0.05) is 92.2 Å². The summed E-state index contributed by atoms with van der Waals surface area (Å²) in [5, 5.41) is 10.2. The number of carbonyl (C=O) groups excluding carboxylic acids is 1. The monoisotopic (exact) mass is 650 g/mol. The number of benzene rings is 4. The number of hydrogen-bond acceptors (Lipinski definition) is 6. The molecule has 1 saturated heterocycles. The van der Waals surface area contributed by atoms with Crippen LogP contribution in [0.5, 0.6) is 0 Å². The topological polar surface area (TPSA) is 123 Å². The van der Waals surface area contributed by atoms with Gasteiger partial charge in [0.1, 0.15) is 6.07 Å². The van der Waals surface area contributed by atoms with Crippen molar-refractivity contribution in [2.24, 2.45) is 10.9 Å². The van der Waals surface area contributed by atoms with E-state index in [1.165, 1.54) is 4.31 Å². The van der Waals surface area contributed by atoms with Gasteiger partial charge in [-0.05, 0) is 41.8 Å². The van der Waals surface area contributed by atoms with Crippen LogP contribution < -0.4 is 0 Å². The Balaban J connectivity index is 1.30. The predicted molar refractivity (Wildman–Crippen MR) is 178 cm³/mol. The zero-order valence-corrected chi connectivity index (χ0v) is 26.8. The van der Waals surface area contributed by atoms with E-state index in [1.807, 2.05) is 86.6 Å². The minimum absolute atomic E-state index is 0.0462. The van der Waals surface area contributed by atoms with E-state index in [9.17, 15) is 18.5 Å². The molecule has 9 nitrogen and oxygen atoms in total. The van der Waals surface area contributed by atoms with Crippen molar-refractivity contribution in [3.63, 3.8) is 0 Å². The Morgan fingerprint density at radius 1 is 1.02 bits per heavy atom. The van der Waals surface area contributed by atoms with Gasteiger partial charge >= 0.3 is 0 Å². The van der Waals surface area contributed by atoms with E-state index in [-0.39, 0.29) is 36.6 Å². The standard InChI is InChI=1S/C35H31ClN6O3S/c1-23(2)32-21-41(46(44,45)35-39-29-16-15-28(36)18-31(29)40-35)22-33(43)42(32)20-24-13-14-27(19-37)30(17-24)38-34(25-9-5-3-6-10-25)26-11-7-4-8-12-26/h3-18,23,32H,20-22H2,1-2H3,(H,39,40)/t32-/m0/s1. The van der Waals surface area contributed by atoms with Crippen molar-refractivity contribution < 1.29 is 13.2 Å². The highest BCUT2D eigenvalue weighted by Gasteiger charge is 2.41. The van der Waals surface area contributed by atoms with Crippen molar-refractivity contribution >= 4 is 50.0 Å². The van der Waals surface area contributed by atoms with Crippen molar-refractivity contribution in [1.29, 1.82) is 5.26 Å². The Labute approximate surface area is 272 Å². The summed E-state index contributed by atoms with van der Waals surface area (Å²) < 4.78 is 28.5. The smallest absolute Gasteiger partial charge is 0.277 e. The van der Waals surface area contributed by atoms with Crippen molar-refractivity contribution in [1.82, 2.24) is 19.2 Å². The number of rotatable bonds is 8. The first-order valence-corrected chi connectivity index (χ1v) is 16.6. The van der Waals surface area contributed by atoms with Gasteiger partial charge in [-0.2, -0.15) is 9.57 Å². The number of nitriles is 1. The van der Waals surface area contributed by atoms with E-state index >= 15 is 0 Å². The third-order valence-corrected chi connectivity index (χ3v) is 9.94. The second-order valence-electron chi connectivity index (χ2n) is 11.5. The van der Waals surface area contributed by atoms with Gasteiger partial charge in [0.15, 0.2) is 0 Å². The third-order valence-electron chi connectivity index (χ3n) is 8.06. The number of aromatic nitrogens is 2. The molecule has 6 rings (SSSR count). The van der Waals surface area contributed by atoms with Crippen LogP contribution in [0.25, 0.3) is 11.0 Å². The molecular formula is C35H31ClN6O3S. The maximum absolute atomic E-state index is 13.7. The largest absolute Gasteiger partial charge is 0.333 e. The summed E-state index contributed by atoms with van der Waals surface area (Å²) >= 11 is 6.07. The molecule has 5 aromatic rings. The zero-order chi connectivity index (χ0) is 32.4. The first kappa shape index (κ1) is 31.2. The predicted octanol–water partition coefficient (Wildman–Crippen LogP) is 6.31. The number of carbonyl (C=O) groups is 1. The molecule has 1 aromatic heterocycles. The van der Waals surface area contributed by atoms with Crippen LogP contribution in [0.15, 0.2) is 107 Å². The molecule has 1 aliphatic heterocycles. The summed E-state index contributed by atoms with van der Waals surface area (Å²) in [6.45, 7) is 3.95. The Kier molecular flexibility index (Phi) is 8.73. The molecule has 11 heteroatoms. The summed E-state index contributed by atoms with van der Waals surface area (Å²) in [4.78, 5) is 27.5. The molecule has 0 bridgehead atoms. The number of sulfonamides is 1. The van der Waals surface area contributed by atoms with E-state index in [1.54, 1.807) is 29.2 Å². The van der Waals surface area contributed by atoms with Crippen molar-refractivity contribution in [3.8, 4) is 6.07 Å². The molecule has 232 valence electrons. The van der Waals surface area contributed by atoms with Gasteiger partial charge in [-0.15, -0.1) is 0 Å². The molecule has 0 spiro atoms. The molecule has 1 amide bonds. The molecule has 1 atom stereocenters. The Bertz CT molecular complexity index is 2050. The van der Waals surface area contributed by atoms with Crippen LogP contribution in [0.3, 0.4) is 0 Å². The van der Waals surface area contributed by atoms with Crippen molar-refractivity contribution in [2.75, 3.05) is 13.1 Å². The van der Waals surface area contributed by atoms with Gasteiger partial charge in [0.2, 0.25) is 11.1 Å². The summed E-state index contributed by atoms with van der Waals surface area (Å²) in [7, 11) is -4.09. The Hall–Kier alpha value is -4.82. The maximum Gasteiger partial charge on any atom is 0.277 e. The van der Waals surface area contributed by atoms with Crippen LogP contribution in [-0.4, -0.2) is 58.3 Å². The molecule has 4 aromatic carbocycles. The number of nitrogens with one attached hydrogen (secondary N) is 1. The number of H-pyrrole nitrogens is 1. The fourth-order valence-electron chi connectivity index (χ4n) is 5.63. The summed E-state index contributed by atoms with van der Waals surface area (Å²) in [6, 6.07) is 31.6. The van der Waals surface area contributed by atoms with Gasteiger partial charge in [-0.25, -0.2) is 18.4 Å². The molecule has 0 saturated carbocycles. The second kappa shape index (κ2) is 12.9. The van der Waals surface area contributed by atoms with Gasteiger partial charge in [-0.3, -0.25) is 4.79 Å². The Morgan fingerprint density at radius 3 is 2.33 bits per heavy atom. The number of hydrogen-bond donors (Lipinski definition) is 1. The quantitative estimate of drug-likeness (QED) is 0.197. The molecule has 2 heterocycles. The van der Waals surface area contributed by atoms with Gasteiger partial charge in [0.25, 0.3) is 10.0 Å². The van der Waals surface area contributed by atoms with E-state index in [0.717, 1.165) is 22.4 Å².